The molecule has 7 aliphatic rings. The van der Waals surface area contributed by atoms with Crippen molar-refractivity contribution >= 4 is 5.97 Å². The van der Waals surface area contributed by atoms with Crippen molar-refractivity contribution in [3.05, 3.63) is 36.0 Å². The van der Waals surface area contributed by atoms with Crippen LogP contribution >= 0.6 is 0 Å². The topological polar surface area (TPSA) is 186 Å². The third kappa shape index (κ3) is 10.1. The van der Waals surface area contributed by atoms with E-state index >= 15 is 0 Å². The number of allylic oxidation sites excluding steroid dienone is 1. The van der Waals surface area contributed by atoms with Crippen molar-refractivity contribution in [2.45, 2.75) is 190 Å². The molecule has 0 aromatic carbocycles. The molecule has 4 N–H and O–H groups in total. The first kappa shape index (κ1) is 49.3. The van der Waals surface area contributed by atoms with E-state index in [9.17, 15) is 30.3 Å². The zero-order valence-electron chi connectivity index (χ0n) is 37.4. The van der Waals surface area contributed by atoms with Crippen LogP contribution in [0.15, 0.2) is 36.0 Å². The molecule has 60 heavy (non-hydrogen) atoms. The Labute approximate surface area is 399 Å². The molecular weight excluding hydrogens is 800 g/mol. The maximum absolute atomic E-state index is 11.6. The van der Waals surface area contributed by atoms with Crippen molar-refractivity contribution in [1.29, 1.82) is 0 Å². The summed E-state index contributed by atoms with van der Waals surface area (Å²) < 4.78 is 44.7. The molecule has 6 saturated heterocycles. The molecule has 0 aromatic heterocycles. The summed E-state index contributed by atoms with van der Waals surface area (Å²) in [6.07, 6.45) is 8.26. The van der Waals surface area contributed by atoms with Crippen LogP contribution in [0.25, 0.3) is 0 Å². The molecule has 7 aliphatic heterocycles. The van der Waals surface area contributed by atoms with Gasteiger partial charge in [0.15, 0.2) is 5.79 Å². The van der Waals surface area contributed by atoms with Crippen molar-refractivity contribution in [2.24, 2.45) is 29.1 Å². The summed E-state index contributed by atoms with van der Waals surface area (Å²) in [5.41, 5.74) is -2.32. The van der Waals surface area contributed by atoms with Gasteiger partial charge in [-0.2, -0.15) is 0 Å². The Morgan fingerprint density at radius 3 is 2.53 bits per heavy atom. The van der Waals surface area contributed by atoms with Gasteiger partial charge in [0, 0.05) is 37.2 Å². The molecule has 334 valence electrons. The predicted octanol–water partition coefficient (Wildman–Crippen LogP) is 1.03. The summed E-state index contributed by atoms with van der Waals surface area (Å²) in [4.78, 5) is 11.6. The maximum atomic E-state index is 11.6. The second-order valence-corrected chi connectivity index (χ2v) is 20.5. The van der Waals surface area contributed by atoms with Gasteiger partial charge in [0.05, 0.1) is 55.3 Å². The third-order valence-electron chi connectivity index (χ3n) is 15.2. The van der Waals surface area contributed by atoms with E-state index in [0.29, 0.717) is 44.1 Å². The molecule has 7 heterocycles. The van der Waals surface area contributed by atoms with E-state index < -0.39 is 71.0 Å². The molecule has 13 nitrogen and oxygen atoms in total. The van der Waals surface area contributed by atoms with Gasteiger partial charge in [-0.3, -0.25) is 0 Å². The van der Waals surface area contributed by atoms with Crippen LogP contribution in [0.5, 0.6) is 0 Å². The maximum Gasteiger partial charge on any atom is 1.00 e. The van der Waals surface area contributed by atoms with Crippen LogP contribution in [0, 0.1) is 29.1 Å². The first-order valence-electron chi connectivity index (χ1n) is 22.2. The number of carboxylic acid groups (broad SMARTS) is 1. The number of aliphatic carboxylic acids is 1. The summed E-state index contributed by atoms with van der Waals surface area (Å²) >= 11 is 0. The molecule has 3 spiro atoms. The van der Waals surface area contributed by atoms with Gasteiger partial charge in [0.25, 0.3) is 0 Å². The van der Waals surface area contributed by atoms with Crippen LogP contribution < -0.4 is 56.5 Å². The Kier molecular flexibility index (Phi) is 15.3. The summed E-state index contributed by atoms with van der Waals surface area (Å²) in [5, 5.41) is 56.3. The molecule has 14 heteroatoms. The number of fused-ring (bicyclic) bond motifs is 1. The molecule has 17 atom stereocenters. The van der Waals surface area contributed by atoms with E-state index in [1.54, 1.807) is 13.0 Å². The summed E-state index contributed by atoms with van der Waals surface area (Å²) in [6, 6.07) is 0. The number of carboxylic acids is 1. The smallest absolute Gasteiger partial charge is 0.547 e. The van der Waals surface area contributed by atoms with Gasteiger partial charge in [-0.1, -0.05) is 38.2 Å². The van der Waals surface area contributed by atoms with Crippen LogP contribution in [0.2, 0.25) is 0 Å². The molecule has 0 amide bonds. The van der Waals surface area contributed by atoms with Crippen molar-refractivity contribution in [2.75, 3.05) is 26.4 Å². The number of ether oxygens (including phenoxy) is 7. The average Bonchev–Trinajstić information content (AvgIpc) is 3.50. The van der Waals surface area contributed by atoms with Crippen LogP contribution in [-0.2, 0) is 38.0 Å². The van der Waals surface area contributed by atoms with Crippen LogP contribution in [0.3, 0.4) is 0 Å². The van der Waals surface area contributed by atoms with E-state index in [1.165, 1.54) is 6.92 Å². The number of aliphatic hydroxyl groups excluding tert-OH is 3. The Hall–Kier alpha value is -0.114. The summed E-state index contributed by atoms with van der Waals surface area (Å²) in [5.74, 6) is -3.46. The van der Waals surface area contributed by atoms with Crippen LogP contribution in [0.1, 0.15) is 119 Å². The van der Waals surface area contributed by atoms with E-state index in [4.69, 9.17) is 33.2 Å². The number of hydrogen-bond donors (Lipinski definition) is 4. The monoisotopic (exact) mass is 870 g/mol. The van der Waals surface area contributed by atoms with Gasteiger partial charge in [0.2, 0.25) is 5.79 Å². The second kappa shape index (κ2) is 18.6. The predicted molar refractivity (Wildman–Crippen MR) is 214 cm³/mol. The van der Waals surface area contributed by atoms with Gasteiger partial charge >= 0.3 is 51.4 Å². The zero-order chi connectivity index (χ0) is 42.8. The molecule has 6 fully saturated rings. The minimum Gasteiger partial charge on any atom is -0.547 e. The Bertz CT molecular complexity index is 1610. The third-order valence-corrected chi connectivity index (χ3v) is 15.2. The van der Waals surface area contributed by atoms with E-state index in [-0.39, 0.29) is 99.6 Å². The van der Waals surface area contributed by atoms with Crippen LogP contribution in [-0.4, -0.2) is 124 Å². The molecule has 17 unspecified atom stereocenters. The van der Waals surface area contributed by atoms with E-state index in [2.05, 4.69) is 39.5 Å². The quantitative estimate of drug-likeness (QED) is 0.181. The van der Waals surface area contributed by atoms with Crippen molar-refractivity contribution < 1.29 is 115 Å². The van der Waals surface area contributed by atoms with Crippen molar-refractivity contribution in [3.8, 4) is 0 Å². The number of aliphatic hydroxyl groups is 4. The fraction of sp³-hybridized carbons (Fsp3) is 0.848. The molecule has 7 rings (SSSR count). The van der Waals surface area contributed by atoms with E-state index in [0.717, 1.165) is 51.1 Å². The Morgan fingerprint density at radius 1 is 1.10 bits per heavy atom. The first-order chi connectivity index (χ1) is 27.6. The molecule has 0 aromatic rings. The number of carbonyl (C=O) groups is 1. The minimum absolute atomic E-state index is 0. The fourth-order valence-corrected chi connectivity index (χ4v) is 11.5. The zero-order valence-corrected chi connectivity index (χ0v) is 40.5. The average molecular weight is 871 g/mol. The molecule has 0 bridgehead atoms. The minimum atomic E-state index is -2.10. The van der Waals surface area contributed by atoms with Gasteiger partial charge in [0.1, 0.15) is 30.0 Å². The fourth-order valence-electron chi connectivity index (χ4n) is 11.5. The standard InChI is InChI=1S/C46H72O13.K/c1-27(33-23-55-46(21-29(33)3)36(48)12-15-42(7,59-46)24-43(8,52)40(50)51)10-14-41(6)17-18-45(58-41)16-11-35-39(57-45)37(49)30(4)38(56-35)34(47)20-28(2)32-22-44(26-54-31(32)5)13-9-19-53-25-44;/h10,14,21,27-28,31-39,47-49,52H,4,9,11-13,15-20,22-26H2,1-3,5-8H3,(H,50,51);/q;+1/p-1/b14-10+;. The second-order valence-electron chi connectivity index (χ2n) is 20.5. The summed E-state index contributed by atoms with van der Waals surface area (Å²) in [7, 11) is 0. The first-order valence-corrected chi connectivity index (χ1v) is 22.2. The number of hydrogen-bond acceptors (Lipinski definition) is 13. The molecular formula is C46H71KO13. The molecule has 0 aliphatic carbocycles. The van der Waals surface area contributed by atoms with Crippen LogP contribution in [0.4, 0.5) is 0 Å². The normalized spacial score (nSPS) is 46.0. The molecule has 0 radical (unpaired) electrons. The van der Waals surface area contributed by atoms with Gasteiger partial charge < -0.3 is 63.5 Å². The van der Waals surface area contributed by atoms with E-state index in [1.807, 2.05) is 13.8 Å². The largest absolute Gasteiger partial charge is 1.00 e. The van der Waals surface area contributed by atoms with Gasteiger partial charge in [-0.05, 0) is 115 Å². The van der Waals surface area contributed by atoms with Gasteiger partial charge in [-0.25, -0.2) is 0 Å². The Morgan fingerprint density at radius 2 is 1.85 bits per heavy atom. The Balaban J connectivity index is 0.00000604. The number of carbonyl (C=O) groups excluding carboxylic acids is 1. The van der Waals surface area contributed by atoms with Crippen molar-refractivity contribution in [3.63, 3.8) is 0 Å². The van der Waals surface area contributed by atoms with Crippen molar-refractivity contribution in [1.82, 2.24) is 0 Å². The molecule has 0 saturated carbocycles. The number of rotatable bonds is 10. The summed E-state index contributed by atoms with van der Waals surface area (Å²) in [6.45, 7) is 20.1. The SMILES string of the molecule is C=C1C(O)C2OC3(CCC2OC1C(O)CC(C)C1CC2(CCCOC2)COC1C)CCC(C)(/C=C/C(C)C1COC2(C=C1C)OC(C)(CC(C)(O)C(=O)[O-])CCC2O)O3.[K+]. The van der Waals surface area contributed by atoms with Gasteiger partial charge in [-0.15, -0.1) is 0 Å².